The highest BCUT2D eigenvalue weighted by atomic mass is 19.1. The average molecular weight is 247 g/mol. The molecule has 1 aromatic heterocycles. The summed E-state index contributed by atoms with van der Waals surface area (Å²) < 4.78 is 18.1. The van der Waals surface area contributed by atoms with Crippen LogP contribution in [0, 0.1) is 5.82 Å². The van der Waals surface area contributed by atoms with E-state index >= 15 is 0 Å². The summed E-state index contributed by atoms with van der Waals surface area (Å²) in [5.41, 5.74) is 1.26. The topological polar surface area (TPSA) is 59.4 Å². The average Bonchev–Trinajstić information content (AvgIpc) is 2.37. The van der Waals surface area contributed by atoms with Gasteiger partial charge in [-0.3, -0.25) is 4.98 Å². The van der Waals surface area contributed by atoms with Crippen LogP contribution in [0.2, 0.25) is 0 Å². The number of hydrogen-bond donors (Lipinski definition) is 1. The number of methoxy groups -OCH3 is 1. The summed E-state index contributed by atoms with van der Waals surface area (Å²) in [7, 11) is 1.38. The van der Waals surface area contributed by atoms with Gasteiger partial charge >= 0.3 is 5.97 Å². The largest absolute Gasteiger partial charge is 0.496 e. The molecule has 0 saturated carbocycles. The van der Waals surface area contributed by atoms with E-state index in [0.717, 1.165) is 6.20 Å². The Balaban J connectivity index is 2.51. The second-order valence-corrected chi connectivity index (χ2v) is 3.61. The van der Waals surface area contributed by atoms with E-state index in [2.05, 4.69) is 4.98 Å². The molecule has 2 rings (SSSR count). The third kappa shape index (κ3) is 2.29. The van der Waals surface area contributed by atoms with Gasteiger partial charge in [0.1, 0.15) is 17.1 Å². The van der Waals surface area contributed by atoms with Crippen molar-refractivity contribution < 1.29 is 19.0 Å². The Bertz CT molecular complexity index is 599. The highest BCUT2D eigenvalue weighted by molar-refractivity contribution is 5.91. The Morgan fingerprint density at radius 2 is 2.06 bits per heavy atom. The van der Waals surface area contributed by atoms with Crippen molar-refractivity contribution in [1.29, 1.82) is 0 Å². The molecule has 0 unspecified atom stereocenters. The molecule has 0 radical (unpaired) electrons. The van der Waals surface area contributed by atoms with Gasteiger partial charge in [-0.05, 0) is 23.8 Å². The Morgan fingerprint density at radius 3 is 2.67 bits per heavy atom. The van der Waals surface area contributed by atoms with Crippen molar-refractivity contribution >= 4 is 5.97 Å². The fraction of sp³-hybridized carbons (Fsp3) is 0.0769. The van der Waals surface area contributed by atoms with Crippen molar-refractivity contribution in [3.8, 4) is 16.9 Å². The third-order valence-corrected chi connectivity index (χ3v) is 2.47. The number of hydrogen-bond acceptors (Lipinski definition) is 3. The summed E-state index contributed by atoms with van der Waals surface area (Å²) in [6.07, 6.45) is 2.60. The maximum atomic E-state index is 13.1. The SMILES string of the molecule is COc1cc(-c2cncc(F)c2)ccc1C(=O)O. The minimum Gasteiger partial charge on any atom is -0.496 e. The van der Waals surface area contributed by atoms with Gasteiger partial charge in [-0.1, -0.05) is 6.07 Å². The van der Waals surface area contributed by atoms with Crippen LogP contribution < -0.4 is 4.74 Å². The van der Waals surface area contributed by atoms with Crippen molar-refractivity contribution in [2.24, 2.45) is 0 Å². The zero-order valence-electron chi connectivity index (χ0n) is 9.55. The molecule has 0 aliphatic rings. The smallest absolute Gasteiger partial charge is 0.339 e. The first kappa shape index (κ1) is 12.0. The lowest BCUT2D eigenvalue weighted by Gasteiger charge is -2.07. The van der Waals surface area contributed by atoms with Gasteiger partial charge in [0.05, 0.1) is 13.3 Å². The molecule has 0 aliphatic carbocycles. The highest BCUT2D eigenvalue weighted by Crippen LogP contribution is 2.27. The van der Waals surface area contributed by atoms with E-state index in [9.17, 15) is 9.18 Å². The van der Waals surface area contributed by atoms with Gasteiger partial charge in [0.15, 0.2) is 0 Å². The molecule has 0 bridgehead atoms. The van der Waals surface area contributed by atoms with Gasteiger partial charge < -0.3 is 9.84 Å². The molecule has 0 fully saturated rings. The normalized spacial score (nSPS) is 10.1. The predicted molar refractivity (Wildman–Crippen MR) is 63.1 cm³/mol. The van der Waals surface area contributed by atoms with Crippen molar-refractivity contribution in [2.45, 2.75) is 0 Å². The number of aromatic nitrogens is 1. The molecule has 2 aromatic rings. The lowest BCUT2D eigenvalue weighted by molar-refractivity contribution is 0.0693. The number of halogens is 1. The monoisotopic (exact) mass is 247 g/mol. The standard InChI is InChI=1S/C13H10FNO3/c1-18-12-5-8(2-3-11(12)13(16)17)9-4-10(14)7-15-6-9/h2-7H,1H3,(H,16,17). The Hall–Kier alpha value is -2.43. The molecule has 1 aromatic carbocycles. The number of benzene rings is 1. The molecule has 1 N–H and O–H groups in total. The fourth-order valence-corrected chi connectivity index (χ4v) is 1.62. The Labute approximate surface area is 103 Å². The van der Waals surface area contributed by atoms with Gasteiger partial charge in [0, 0.05) is 11.8 Å². The molecule has 4 nitrogen and oxygen atoms in total. The maximum absolute atomic E-state index is 13.1. The first-order valence-corrected chi connectivity index (χ1v) is 5.14. The number of ether oxygens (including phenoxy) is 1. The van der Waals surface area contributed by atoms with E-state index in [-0.39, 0.29) is 11.3 Å². The lowest BCUT2D eigenvalue weighted by Crippen LogP contribution is -2.00. The van der Waals surface area contributed by atoms with Crippen LogP contribution in [0.4, 0.5) is 4.39 Å². The predicted octanol–water partition coefficient (Wildman–Crippen LogP) is 2.59. The quantitative estimate of drug-likeness (QED) is 0.905. The number of aromatic carboxylic acids is 1. The number of pyridine rings is 1. The van der Waals surface area contributed by atoms with E-state index in [1.807, 2.05) is 0 Å². The maximum Gasteiger partial charge on any atom is 0.339 e. The van der Waals surface area contributed by atoms with Crippen LogP contribution in [0.3, 0.4) is 0 Å². The second kappa shape index (κ2) is 4.83. The van der Waals surface area contributed by atoms with Crippen LogP contribution in [0.15, 0.2) is 36.7 Å². The van der Waals surface area contributed by atoms with E-state index in [1.54, 1.807) is 12.1 Å². The molecule has 5 heteroatoms. The van der Waals surface area contributed by atoms with Crippen molar-refractivity contribution in [3.05, 3.63) is 48.0 Å². The van der Waals surface area contributed by atoms with E-state index in [4.69, 9.17) is 9.84 Å². The van der Waals surface area contributed by atoms with E-state index in [1.165, 1.54) is 25.4 Å². The molecule has 0 saturated heterocycles. The molecule has 0 atom stereocenters. The van der Waals surface area contributed by atoms with Crippen molar-refractivity contribution in [1.82, 2.24) is 4.98 Å². The molecule has 18 heavy (non-hydrogen) atoms. The first-order chi connectivity index (χ1) is 8.61. The van der Waals surface area contributed by atoms with Crippen LogP contribution in [0.25, 0.3) is 11.1 Å². The molecule has 1 heterocycles. The lowest BCUT2D eigenvalue weighted by atomic mass is 10.0. The van der Waals surface area contributed by atoms with Gasteiger partial charge in [0.25, 0.3) is 0 Å². The van der Waals surface area contributed by atoms with Gasteiger partial charge in [-0.15, -0.1) is 0 Å². The van der Waals surface area contributed by atoms with Crippen LogP contribution in [-0.4, -0.2) is 23.2 Å². The van der Waals surface area contributed by atoms with E-state index < -0.39 is 11.8 Å². The molecular formula is C13H10FNO3. The van der Waals surface area contributed by atoms with Crippen LogP contribution in [-0.2, 0) is 0 Å². The summed E-state index contributed by atoms with van der Waals surface area (Å²) in [4.78, 5) is 14.7. The number of carboxylic acids is 1. The summed E-state index contributed by atoms with van der Waals surface area (Å²) >= 11 is 0. The van der Waals surface area contributed by atoms with Gasteiger partial charge in [0.2, 0.25) is 0 Å². The second-order valence-electron chi connectivity index (χ2n) is 3.61. The number of nitrogens with zero attached hydrogens (tertiary/aromatic N) is 1. The van der Waals surface area contributed by atoms with Gasteiger partial charge in [-0.2, -0.15) is 0 Å². The minimum absolute atomic E-state index is 0.0608. The van der Waals surface area contributed by atoms with Crippen LogP contribution in [0.5, 0.6) is 5.75 Å². The fourth-order valence-electron chi connectivity index (χ4n) is 1.62. The highest BCUT2D eigenvalue weighted by Gasteiger charge is 2.12. The minimum atomic E-state index is -1.07. The number of carbonyl (C=O) groups is 1. The van der Waals surface area contributed by atoms with E-state index in [0.29, 0.717) is 11.1 Å². The zero-order chi connectivity index (χ0) is 13.1. The zero-order valence-corrected chi connectivity index (χ0v) is 9.55. The molecule has 0 spiro atoms. The molecule has 0 amide bonds. The summed E-state index contributed by atoms with van der Waals surface area (Å²) in [5.74, 6) is -1.30. The summed E-state index contributed by atoms with van der Waals surface area (Å²) in [5, 5.41) is 8.95. The van der Waals surface area contributed by atoms with Crippen molar-refractivity contribution in [3.63, 3.8) is 0 Å². The van der Waals surface area contributed by atoms with Crippen LogP contribution in [0.1, 0.15) is 10.4 Å². The molecule has 0 aliphatic heterocycles. The first-order valence-electron chi connectivity index (χ1n) is 5.14. The number of carboxylic acid groups (broad SMARTS) is 1. The summed E-state index contributed by atoms with van der Waals surface area (Å²) in [6, 6.07) is 5.87. The molecular weight excluding hydrogens is 237 g/mol. The van der Waals surface area contributed by atoms with Gasteiger partial charge in [-0.25, -0.2) is 9.18 Å². The van der Waals surface area contributed by atoms with Crippen molar-refractivity contribution in [2.75, 3.05) is 7.11 Å². The molecule has 92 valence electrons. The Morgan fingerprint density at radius 1 is 1.28 bits per heavy atom. The summed E-state index contributed by atoms with van der Waals surface area (Å²) in [6.45, 7) is 0. The number of rotatable bonds is 3. The Kier molecular flexibility index (Phi) is 3.23. The third-order valence-electron chi connectivity index (χ3n) is 2.47. The van der Waals surface area contributed by atoms with Crippen LogP contribution >= 0.6 is 0 Å².